The van der Waals surface area contributed by atoms with Crippen LogP contribution < -0.4 is 5.32 Å². The lowest BCUT2D eigenvalue weighted by Gasteiger charge is -2.11. The van der Waals surface area contributed by atoms with Gasteiger partial charge in [-0.15, -0.1) is 0 Å². The molecule has 0 bridgehead atoms. The van der Waals surface area contributed by atoms with Crippen molar-refractivity contribution in [1.82, 2.24) is 9.78 Å². The van der Waals surface area contributed by atoms with E-state index in [1.807, 2.05) is 18.3 Å². The topological polar surface area (TPSA) is 107 Å². The third-order valence-electron chi connectivity index (χ3n) is 4.19. The molecule has 0 spiro atoms. The van der Waals surface area contributed by atoms with Gasteiger partial charge in [0.15, 0.2) is 0 Å². The number of rotatable bonds is 7. The maximum atomic E-state index is 12.7. The van der Waals surface area contributed by atoms with Gasteiger partial charge < -0.3 is 5.32 Å². The number of sulfone groups is 1. The Balaban J connectivity index is 1.75. The first-order valence-corrected chi connectivity index (χ1v) is 9.95. The number of hydrogen-bond donors (Lipinski definition) is 1. The molecule has 0 aliphatic carbocycles. The number of nitrogens with zero attached hydrogens (tertiary/aromatic N) is 3. The SMILES string of the molecule is O=[N+]([O-])c1cc(S(=O)(=O)C(F)(F)F)ccc1NCc1ccc(Cn2cccn2)cc1. The first-order chi connectivity index (χ1) is 14.1. The Hall–Kier alpha value is -3.41. The Morgan fingerprint density at radius 3 is 2.33 bits per heavy atom. The van der Waals surface area contributed by atoms with E-state index >= 15 is 0 Å². The highest BCUT2D eigenvalue weighted by Gasteiger charge is 2.47. The first kappa shape index (κ1) is 21.3. The zero-order chi connectivity index (χ0) is 21.9. The number of hydrogen-bond acceptors (Lipinski definition) is 6. The van der Waals surface area contributed by atoms with Gasteiger partial charge in [-0.3, -0.25) is 14.8 Å². The second-order valence-corrected chi connectivity index (χ2v) is 8.20. The summed E-state index contributed by atoms with van der Waals surface area (Å²) in [4.78, 5) is 9.11. The van der Waals surface area contributed by atoms with E-state index in [9.17, 15) is 31.7 Å². The van der Waals surface area contributed by atoms with Gasteiger partial charge in [-0.1, -0.05) is 24.3 Å². The van der Waals surface area contributed by atoms with Crippen molar-refractivity contribution in [3.63, 3.8) is 0 Å². The van der Waals surface area contributed by atoms with Crippen LogP contribution in [0.3, 0.4) is 0 Å². The van der Waals surface area contributed by atoms with Crippen LogP contribution in [0.4, 0.5) is 24.5 Å². The molecule has 0 fully saturated rings. The highest BCUT2D eigenvalue weighted by atomic mass is 32.2. The van der Waals surface area contributed by atoms with Crippen LogP contribution in [0.1, 0.15) is 11.1 Å². The second kappa shape index (κ2) is 8.14. The molecule has 0 radical (unpaired) electrons. The number of nitro benzene ring substituents is 1. The molecule has 0 amide bonds. The van der Waals surface area contributed by atoms with Crippen LogP contribution in [-0.4, -0.2) is 28.6 Å². The fraction of sp³-hybridized carbons (Fsp3) is 0.167. The molecule has 1 aromatic heterocycles. The van der Waals surface area contributed by atoms with Crippen molar-refractivity contribution >= 4 is 21.2 Å². The van der Waals surface area contributed by atoms with Crippen LogP contribution in [0, 0.1) is 10.1 Å². The summed E-state index contributed by atoms with van der Waals surface area (Å²) in [6.07, 6.45) is 3.48. The van der Waals surface area contributed by atoms with Gasteiger partial charge >= 0.3 is 5.51 Å². The fourth-order valence-electron chi connectivity index (χ4n) is 2.65. The van der Waals surface area contributed by atoms with Crippen molar-refractivity contribution in [1.29, 1.82) is 0 Å². The van der Waals surface area contributed by atoms with Crippen LogP contribution in [0.5, 0.6) is 0 Å². The number of nitrogens with one attached hydrogen (secondary N) is 1. The molecule has 0 aliphatic rings. The molecule has 0 saturated carbocycles. The molecule has 1 heterocycles. The number of aromatic nitrogens is 2. The molecule has 0 unspecified atom stereocenters. The lowest BCUT2D eigenvalue weighted by molar-refractivity contribution is -0.384. The van der Waals surface area contributed by atoms with Crippen LogP contribution in [0.15, 0.2) is 65.8 Å². The van der Waals surface area contributed by atoms with Gasteiger partial charge in [-0.05, 0) is 29.3 Å². The summed E-state index contributed by atoms with van der Waals surface area (Å²) in [5, 5.41) is 18.1. The second-order valence-electron chi connectivity index (χ2n) is 6.26. The van der Waals surface area contributed by atoms with Gasteiger partial charge in [-0.2, -0.15) is 18.3 Å². The number of alkyl halides is 3. The first-order valence-electron chi connectivity index (χ1n) is 8.47. The quantitative estimate of drug-likeness (QED) is 0.443. The molecular weight excluding hydrogens is 425 g/mol. The lowest BCUT2D eigenvalue weighted by atomic mass is 10.1. The van der Waals surface area contributed by atoms with Gasteiger partial charge in [0.1, 0.15) is 5.69 Å². The van der Waals surface area contributed by atoms with Crippen LogP contribution in [0.25, 0.3) is 0 Å². The highest BCUT2D eigenvalue weighted by Crippen LogP contribution is 2.34. The van der Waals surface area contributed by atoms with E-state index in [4.69, 9.17) is 0 Å². The van der Waals surface area contributed by atoms with Crippen molar-refractivity contribution in [2.75, 3.05) is 5.32 Å². The van der Waals surface area contributed by atoms with Crippen molar-refractivity contribution in [3.05, 3.63) is 82.2 Å². The molecular formula is C18H15F3N4O4S. The van der Waals surface area contributed by atoms with E-state index in [0.717, 1.165) is 17.2 Å². The normalized spacial score (nSPS) is 12.0. The molecule has 0 aliphatic heterocycles. The number of benzene rings is 2. The van der Waals surface area contributed by atoms with Crippen molar-refractivity contribution < 1.29 is 26.5 Å². The highest BCUT2D eigenvalue weighted by molar-refractivity contribution is 7.92. The summed E-state index contributed by atoms with van der Waals surface area (Å²) in [5.41, 5.74) is -4.67. The molecule has 158 valence electrons. The molecule has 0 saturated heterocycles. The van der Waals surface area contributed by atoms with Crippen LogP contribution in [-0.2, 0) is 22.9 Å². The molecule has 30 heavy (non-hydrogen) atoms. The minimum atomic E-state index is -5.68. The molecule has 1 N–H and O–H groups in total. The Morgan fingerprint density at radius 1 is 1.10 bits per heavy atom. The van der Waals surface area contributed by atoms with Gasteiger partial charge in [0.2, 0.25) is 0 Å². The zero-order valence-electron chi connectivity index (χ0n) is 15.2. The molecule has 2 aromatic carbocycles. The van der Waals surface area contributed by atoms with E-state index in [-0.39, 0.29) is 12.2 Å². The van der Waals surface area contributed by atoms with Crippen molar-refractivity contribution in [2.24, 2.45) is 0 Å². The summed E-state index contributed by atoms with van der Waals surface area (Å²) < 4.78 is 62.8. The van der Waals surface area contributed by atoms with E-state index in [1.54, 1.807) is 29.1 Å². The van der Waals surface area contributed by atoms with E-state index in [2.05, 4.69) is 10.4 Å². The number of nitro groups is 1. The van der Waals surface area contributed by atoms with Crippen LogP contribution in [0.2, 0.25) is 0 Å². The third-order valence-corrected chi connectivity index (χ3v) is 5.67. The predicted molar refractivity (Wildman–Crippen MR) is 101 cm³/mol. The maximum Gasteiger partial charge on any atom is 0.501 e. The summed E-state index contributed by atoms with van der Waals surface area (Å²) in [6, 6.07) is 11.1. The monoisotopic (exact) mass is 440 g/mol. The fourth-order valence-corrected chi connectivity index (χ4v) is 3.43. The van der Waals surface area contributed by atoms with Crippen molar-refractivity contribution in [2.45, 2.75) is 23.5 Å². The molecule has 0 atom stereocenters. The summed E-state index contributed by atoms with van der Waals surface area (Å²) >= 11 is 0. The maximum absolute atomic E-state index is 12.7. The minimum Gasteiger partial charge on any atom is -0.375 e. The molecule has 3 rings (SSSR count). The molecule has 3 aromatic rings. The van der Waals surface area contributed by atoms with Crippen LogP contribution >= 0.6 is 0 Å². The number of halogens is 3. The third kappa shape index (κ3) is 4.59. The average molecular weight is 440 g/mol. The lowest BCUT2D eigenvalue weighted by Crippen LogP contribution is -2.23. The van der Waals surface area contributed by atoms with E-state index in [1.165, 1.54) is 0 Å². The van der Waals surface area contributed by atoms with Gasteiger partial charge in [0.25, 0.3) is 15.5 Å². The van der Waals surface area contributed by atoms with Gasteiger partial charge in [0, 0.05) is 25.0 Å². The van der Waals surface area contributed by atoms with Crippen molar-refractivity contribution in [3.8, 4) is 0 Å². The Bertz CT molecular complexity index is 1150. The van der Waals surface area contributed by atoms with Gasteiger partial charge in [0.05, 0.1) is 16.4 Å². The standard InChI is InChI=1S/C18H15F3N4O4S/c19-18(20,21)30(28,29)15-6-7-16(17(10-15)25(26)27)22-11-13-2-4-14(5-3-13)12-24-9-1-8-23-24/h1-10,22H,11-12H2. The van der Waals surface area contributed by atoms with E-state index < -0.39 is 30.9 Å². The Labute approximate surface area is 169 Å². The minimum absolute atomic E-state index is 0.0956. The predicted octanol–water partition coefficient (Wildman–Crippen LogP) is 3.75. The summed E-state index contributed by atoms with van der Waals surface area (Å²) in [6.45, 7) is 0.718. The smallest absolute Gasteiger partial charge is 0.375 e. The summed E-state index contributed by atoms with van der Waals surface area (Å²) in [5.74, 6) is 0. The molecule has 8 nitrogen and oxygen atoms in total. The Kier molecular flexibility index (Phi) is 5.78. The number of anilines is 1. The summed E-state index contributed by atoms with van der Waals surface area (Å²) in [7, 11) is -5.68. The average Bonchev–Trinajstić information content (AvgIpc) is 3.19. The van der Waals surface area contributed by atoms with Gasteiger partial charge in [-0.25, -0.2) is 8.42 Å². The van der Waals surface area contributed by atoms with E-state index in [0.29, 0.717) is 18.7 Å². The zero-order valence-corrected chi connectivity index (χ0v) is 16.0. The largest absolute Gasteiger partial charge is 0.501 e. The molecule has 12 heteroatoms. The Morgan fingerprint density at radius 2 is 1.77 bits per heavy atom.